The van der Waals surface area contributed by atoms with Crippen molar-refractivity contribution in [3.63, 3.8) is 0 Å². The minimum atomic E-state index is -4.14. The number of hydrogen-bond acceptors (Lipinski definition) is 7. The van der Waals surface area contributed by atoms with Gasteiger partial charge in [0.05, 0.1) is 12.7 Å². The highest BCUT2D eigenvalue weighted by molar-refractivity contribution is 7.78. The summed E-state index contributed by atoms with van der Waals surface area (Å²) in [5.74, 6) is 0.0778. The van der Waals surface area contributed by atoms with Gasteiger partial charge in [0.2, 0.25) is 7.57 Å². The van der Waals surface area contributed by atoms with Crippen LogP contribution in [0, 0.1) is 0 Å². The molecule has 2 heterocycles. The molecule has 1 aliphatic rings. The van der Waals surface area contributed by atoms with Gasteiger partial charge in [0.15, 0.2) is 0 Å². The zero-order chi connectivity index (χ0) is 14.9. The average Bonchev–Trinajstić information content (AvgIpc) is 2.67. The van der Waals surface area contributed by atoms with E-state index in [2.05, 4.69) is 9.51 Å². The summed E-state index contributed by atoms with van der Waals surface area (Å²) in [6.45, 7) is -0.362. The van der Waals surface area contributed by atoms with Gasteiger partial charge in [-0.3, -0.25) is 9.13 Å². The first kappa shape index (κ1) is 15.2. The Balaban J connectivity index is 2.06. The fourth-order valence-electron chi connectivity index (χ4n) is 1.86. The van der Waals surface area contributed by atoms with Gasteiger partial charge in [-0.2, -0.15) is 4.98 Å². The quantitative estimate of drug-likeness (QED) is 0.464. The van der Waals surface area contributed by atoms with Crippen molar-refractivity contribution in [1.82, 2.24) is 9.55 Å². The predicted molar refractivity (Wildman–Crippen MR) is 69.0 cm³/mol. The molecule has 1 unspecified atom stereocenters. The number of nitrogens with two attached hydrogens (primary N) is 1. The molecule has 0 amide bonds. The van der Waals surface area contributed by atoms with Gasteiger partial charge in [0.25, 0.3) is 7.47 Å². The minimum absolute atomic E-state index is 0.0778. The summed E-state index contributed by atoms with van der Waals surface area (Å²) in [5.41, 5.74) is 4.75. The van der Waals surface area contributed by atoms with Crippen LogP contribution in [0.1, 0.15) is 12.6 Å². The minimum Gasteiger partial charge on any atom is -0.390 e. The Morgan fingerprint density at radius 1 is 1.70 bits per heavy atom. The molecule has 0 saturated carbocycles. The topological polar surface area (TPSA) is 137 Å². The van der Waals surface area contributed by atoms with Crippen molar-refractivity contribution >= 4 is 20.9 Å². The van der Waals surface area contributed by atoms with Crippen LogP contribution in [0.25, 0.3) is 0 Å². The van der Waals surface area contributed by atoms with Crippen LogP contribution in [-0.2, 0) is 13.8 Å². The zero-order valence-corrected chi connectivity index (χ0v) is 11.2. The molecule has 1 aliphatic heterocycles. The Morgan fingerprint density at radius 3 is 3.00 bits per heavy atom. The van der Waals surface area contributed by atoms with Crippen molar-refractivity contribution in [3.8, 4) is 0 Å². The number of ether oxygens (including phenoxy) is 1. The summed E-state index contributed by atoms with van der Waals surface area (Å²) >= 11 is 0. The molecule has 4 N–H and O–H groups in total. The van der Waals surface area contributed by atoms with Gasteiger partial charge in [0, 0.05) is 12.6 Å². The first-order valence-electron chi connectivity index (χ1n) is 5.70. The normalized spacial score (nSPS) is 29.2. The van der Waals surface area contributed by atoms with Gasteiger partial charge in [0.1, 0.15) is 18.1 Å². The maximum Gasteiger partial charge on any atom is 0.351 e. The second-order valence-corrected chi connectivity index (χ2v) is 5.72. The van der Waals surface area contributed by atoms with Crippen molar-refractivity contribution in [2.75, 3.05) is 12.3 Å². The van der Waals surface area contributed by atoms with Gasteiger partial charge in [-0.1, -0.05) is 0 Å². The summed E-state index contributed by atoms with van der Waals surface area (Å²) in [6, 6.07) is 1.42. The van der Waals surface area contributed by atoms with Gasteiger partial charge >= 0.3 is 5.69 Å². The summed E-state index contributed by atoms with van der Waals surface area (Å²) in [5, 5.41) is 9.79. The van der Waals surface area contributed by atoms with Crippen LogP contribution >= 0.6 is 7.47 Å². The Kier molecular flexibility index (Phi) is 4.31. The Hall–Kier alpha value is -1.19. The highest BCUT2D eigenvalue weighted by Gasteiger charge is 2.36. The SMILES string of the molecule is [B]P(=O)(O)OC[C@H]1O[C@@H](n2ccc(N)nc2=O)C[C@@H]1O. The van der Waals surface area contributed by atoms with Crippen LogP contribution in [0.3, 0.4) is 0 Å². The lowest BCUT2D eigenvalue weighted by Gasteiger charge is -2.17. The number of hydrogen-bond donors (Lipinski definition) is 3. The Bertz CT molecular complexity index is 589. The monoisotopic (exact) mass is 301 g/mol. The van der Waals surface area contributed by atoms with Crippen LogP contribution < -0.4 is 11.4 Å². The summed E-state index contributed by atoms with van der Waals surface area (Å²) < 4.78 is 21.9. The number of aliphatic hydroxyl groups excluding tert-OH is 1. The highest BCUT2D eigenvalue weighted by Crippen LogP contribution is 2.37. The molecule has 9 nitrogen and oxygen atoms in total. The molecule has 1 fully saturated rings. The maximum absolute atomic E-state index is 11.6. The molecule has 108 valence electrons. The molecule has 0 spiro atoms. The largest absolute Gasteiger partial charge is 0.390 e. The first-order valence-corrected chi connectivity index (χ1v) is 7.35. The van der Waals surface area contributed by atoms with E-state index in [0.29, 0.717) is 0 Å². The van der Waals surface area contributed by atoms with Crippen LogP contribution in [0.5, 0.6) is 0 Å². The van der Waals surface area contributed by atoms with E-state index in [-0.39, 0.29) is 18.8 Å². The highest BCUT2D eigenvalue weighted by atomic mass is 31.2. The van der Waals surface area contributed by atoms with E-state index in [1.54, 1.807) is 0 Å². The van der Waals surface area contributed by atoms with Crippen LogP contribution in [0.4, 0.5) is 5.82 Å². The number of nitrogen functional groups attached to an aromatic ring is 1. The van der Waals surface area contributed by atoms with E-state index < -0.39 is 31.6 Å². The van der Waals surface area contributed by atoms with Crippen LogP contribution in [0.15, 0.2) is 17.1 Å². The summed E-state index contributed by atoms with van der Waals surface area (Å²) in [4.78, 5) is 24.0. The summed E-state index contributed by atoms with van der Waals surface area (Å²) in [6.07, 6.45) is -1.08. The summed E-state index contributed by atoms with van der Waals surface area (Å²) in [7, 11) is 0.677. The second kappa shape index (κ2) is 5.67. The number of rotatable bonds is 4. The smallest absolute Gasteiger partial charge is 0.351 e. The molecule has 4 atom stereocenters. The molecule has 0 aromatic carbocycles. The Labute approximate surface area is 115 Å². The number of aromatic nitrogens is 2. The van der Waals surface area contributed by atoms with Crippen LogP contribution in [-0.4, -0.2) is 45.9 Å². The number of aliphatic hydroxyl groups is 1. The van der Waals surface area contributed by atoms with Gasteiger partial charge < -0.3 is 25.0 Å². The predicted octanol–water partition coefficient (Wildman–Crippen LogP) is -1.24. The third-order valence-electron chi connectivity index (χ3n) is 2.79. The van der Waals surface area contributed by atoms with E-state index >= 15 is 0 Å². The average molecular weight is 301 g/mol. The van der Waals surface area contributed by atoms with E-state index in [1.165, 1.54) is 16.8 Å². The van der Waals surface area contributed by atoms with Crippen LogP contribution in [0.2, 0.25) is 0 Å². The van der Waals surface area contributed by atoms with Crippen molar-refractivity contribution < 1.29 is 23.8 Å². The molecule has 20 heavy (non-hydrogen) atoms. The molecular formula is C9H13BN3O6P. The van der Waals surface area contributed by atoms with E-state index in [1.807, 2.05) is 0 Å². The molecule has 2 radical (unpaired) electrons. The first-order chi connectivity index (χ1) is 9.26. The standard InChI is InChI=1S/C9H13BN3O6P/c10-20(16,17)18-4-6-5(14)3-8(19-6)13-2-1-7(11)12-9(13)15/h1-2,5-6,8,14H,3-4H2,(H,16,17)(H2,11,12,15)/t5-,6+,8+/m0/s1. The van der Waals surface area contributed by atoms with Gasteiger partial charge in [-0.05, 0) is 6.07 Å². The number of nitrogens with zero attached hydrogens (tertiary/aromatic N) is 2. The molecule has 1 aromatic heterocycles. The van der Waals surface area contributed by atoms with Crippen molar-refractivity contribution in [2.45, 2.75) is 24.9 Å². The van der Waals surface area contributed by atoms with Crippen molar-refractivity contribution in [2.24, 2.45) is 0 Å². The molecule has 2 rings (SSSR count). The Morgan fingerprint density at radius 2 is 2.40 bits per heavy atom. The number of anilines is 1. The molecular weight excluding hydrogens is 288 g/mol. The zero-order valence-electron chi connectivity index (χ0n) is 10.3. The lowest BCUT2D eigenvalue weighted by atomic mass is 10.2. The molecule has 0 aliphatic carbocycles. The maximum atomic E-state index is 11.6. The fourth-order valence-corrected chi connectivity index (χ4v) is 2.22. The third kappa shape index (κ3) is 3.68. The molecule has 1 saturated heterocycles. The fraction of sp³-hybridized carbons (Fsp3) is 0.556. The second-order valence-electron chi connectivity index (χ2n) is 4.33. The van der Waals surface area contributed by atoms with E-state index in [0.717, 1.165) is 0 Å². The van der Waals surface area contributed by atoms with Crippen molar-refractivity contribution in [1.29, 1.82) is 0 Å². The molecule has 11 heteroatoms. The molecule has 1 aromatic rings. The van der Waals surface area contributed by atoms with Gasteiger partial charge in [-0.25, -0.2) is 4.79 Å². The molecule has 0 bridgehead atoms. The van der Waals surface area contributed by atoms with E-state index in [9.17, 15) is 14.5 Å². The van der Waals surface area contributed by atoms with Crippen molar-refractivity contribution in [3.05, 3.63) is 22.7 Å². The lowest BCUT2D eigenvalue weighted by Crippen LogP contribution is -2.28. The third-order valence-corrected chi connectivity index (χ3v) is 3.31. The van der Waals surface area contributed by atoms with E-state index in [4.69, 9.17) is 22.9 Å². The lowest BCUT2D eigenvalue weighted by molar-refractivity contribution is -0.0416. The van der Waals surface area contributed by atoms with Gasteiger partial charge in [-0.15, -0.1) is 0 Å².